The van der Waals surface area contributed by atoms with Gasteiger partial charge in [0.2, 0.25) is 11.5 Å². The minimum absolute atomic E-state index is 0.0105. The SMILES string of the molecule is COc1ccc(-c2oc3c(OP(=O)([O-])[O-])c(OC)ccc3c2C(=O)c2cc(OC)c(OC)c(OC)c2)cc1OP(=O)([O-])[O-]. The minimum Gasteiger partial charge on any atom is -0.780 e. The molecule has 4 aromatic rings. The predicted octanol–water partition coefficient (Wildman–Crippen LogP) is 1.79. The molecule has 0 amide bonds. The molecule has 0 aliphatic heterocycles. The number of fused-ring (bicyclic) bond motifs is 1. The van der Waals surface area contributed by atoms with Gasteiger partial charge in [-0.05, 0) is 42.5 Å². The molecule has 43 heavy (non-hydrogen) atoms. The Labute approximate surface area is 243 Å². The quantitative estimate of drug-likeness (QED) is 0.160. The summed E-state index contributed by atoms with van der Waals surface area (Å²) >= 11 is 0. The van der Waals surface area contributed by atoms with E-state index in [0.717, 1.165) is 6.07 Å². The Bertz CT molecular complexity index is 1760. The number of hydrogen-bond donors (Lipinski definition) is 0. The van der Waals surface area contributed by atoms with E-state index in [4.69, 9.17) is 28.1 Å². The number of hydrogen-bond acceptors (Lipinski definition) is 15. The van der Waals surface area contributed by atoms with Crippen LogP contribution in [0.25, 0.3) is 22.3 Å². The summed E-state index contributed by atoms with van der Waals surface area (Å²) in [5, 5.41) is -0.0328. The molecule has 3 aromatic carbocycles. The van der Waals surface area contributed by atoms with Gasteiger partial charge in [0.15, 0.2) is 40.1 Å². The second-order valence-electron chi connectivity index (χ2n) is 8.47. The minimum atomic E-state index is -5.67. The van der Waals surface area contributed by atoms with Crippen molar-refractivity contribution in [1.29, 1.82) is 0 Å². The average molecular weight is 636 g/mol. The van der Waals surface area contributed by atoms with Gasteiger partial charge in [0.25, 0.3) is 0 Å². The van der Waals surface area contributed by atoms with Gasteiger partial charge in [0, 0.05) is 16.5 Å². The smallest absolute Gasteiger partial charge is 0.209 e. The lowest BCUT2D eigenvalue weighted by Crippen LogP contribution is -2.19. The van der Waals surface area contributed by atoms with Crippen LogP contribution in [0.2, 0.25) is 0 Å². The summed E-state index contributed by atoms with van der Waals surface area (Å²) in [6, 6.07) is 8.93. The van der Waals surface area contributed by atoms with Gasteiger partial charge in [-0.1, -0.05) is 0 Å². The molecule has 0 saturated heterocycles. The first-order valence-electron chi connectivity index (χ1n) is 11.8. The van der Waals surface area contributed by atoms with Crippen LogP contribution >= 0.6 is 15.6 Å². The van der Waals surface area contributed by atoms with E-state index in [2.05, 4.69) is 9.05 Å². The second kappa shape index (κ2) is 12.2. The van der Waals surface area contributed by atoms with Crippen LogP contribution in [0, 0.1) is 0 Å². The zero-order valence-corrected chi connectivity index (χ0v) is 24.8. The highest BCUT2D eigenvalue weighted by atomic mass is 31.2. The number of ether oxygens (including phenoxy) is 5. The zero-order chi connectivity index (χ0) is 31.7. The molecule has 0 fully saturated rings. The van der Waals surface area contributed by atoms with Gasteiger partial charge in [-0.25, -0.2) is 0 Å². The lowest BCUT2D eigenvalue weighted by molar-refractivity contribution is -0.335. The van der Waals surface area contributed by atoms with Crippen LogP contribution < -0.4 is 52.3 Å². The van der Waals surface area contributed by atoms with E-state index in [9.17, 15) is 33.5 Å². The Morgan fingerprint density at radius 3 is 1.72 bits per heavy atom. The summed E-state index contributed by atoms with van der Waals surface area (Å²) in [5.41, 5.74) is -0.613. The van der Waals surface area contributed by atoms with E-state index in [1.807, 2.05) is 0 Å². The average Bonchev–Trinajstić information content (AvgIpc) is 3.34. The fourth-order valence-corrected chi connectivity index (χ4v) is 5.05. The van der Waals surface area contributed by atoms with Gasteiger partial charge < -0.3 is 65.9 Å². The molecule has 17 heteroatoms. The molecule has 0 aliphatic rings. The van der Waals surface area contributed by atoms with E-state index < -0.39 is 32.9 Å². The lowest BCUT2D eigenvalue weighted by atomic mass is 9.96. The van der Waals surface area contributed by atoms with Crippen LogP contribution in [0.15, 0.2) is 46.9 Å². The molecule has 4 rings (SSSR count). The predicted molar refractivity (Wildman–Crippen MR) is 141 cm³/mol. The number of methoxy groups -OCH3 is 5. The second-order valence-corrected chi connectivity index (χ2v) is 10.6. The van der Waals surface area contributed by atoms with Crippen molar-refractivity contribution < 1.29 is 70.6 Å². The summed E-state index contributed by atoms with van der Waals surface area (Å²) in [7, 11) is -4.81. The standard InChI is InChI=1S/C26H26O15P2/c1-34-16-8-6-13(10-18(16)40-42(28,29)30)23-21(22(27)14-11-19(36-3)25(38-5)20(12-14)37-4)15-7-9-17(35-2)26(24(15)39-23)41-43(31,32)33/h6-12H,1-5H3,(H2,28,29,30)(H2,31,32,33)/p-4. The molecule has 0 saturated carbocycles. The van der Waals surface area contributed by atoms with Crippen LogP contribution in [-0.2, 0) is 9.13 Å². The molecule has 0 aliphatic carbocycles. The molecule has 0 atom stereocenters. The Balaban J connectivity index is 2.08. The fourth-order valence-electron chi connectivity index (χ4n) is 4.27. The first-order chi connectivity index (χ1) is 20.2. The first kappa shape index (κ1) is 31.7. The van der Waals surface area contributed by atoms with E-state index in [-0.39, 0.29) is 62.2 Å². The number of carbonyl (C=O) groups is 1. The third-order valence-corrected chi connectivity index (χ3v) is 6.82. The topological polar surface area (TPSA) is 221 Å². The molecule has 0 bridgehead atoms. The van der Waals surface area contributed by atoms with Gasteiger partial charge in [0.05, 0.1) is 41.1 Å². The van der Waals surface area contributed by atoms with Crippen molar-refractivity contribution in [3.8, 4) is 51.6 Å². The third-order valence-electron chi connectivity index (χ3n) is 5.99. The highest BCUT2D eigenvalue weighted by Crippen LogP contribution is 2.49. The molecule has 0 N–H and O–H groups in total. The van der Waals surface area contributed by atoms with Gasteiger partial charge in [-0.15, -0.1) is 0 Å². The monoisotopic (exact) mass is 636 g/mol. The Morgan fingerprint density at radius 1 is 0.651 bits per heavy atom. The highest BCUT2D eigenvalue weighted by Gasteiger charge is 2.29. The number of carbonyl (C=O) groups excluding carboxylic acids is 1. The number of rotatable bonds is 12. The first-order valence-corrected chi connectivity index (χ1v) is 14.8. The largest absolute Gasteiger partial charge is 0.780 e. The molecule has 1 heterocycles. The molecular formula is C26H22O15P2-4. The van der Waals surface area contributed by atoms with Crippen molar-refractivity contribution in [3.63, 3.8) is 0 Å². The van der Waals surface area contributed by atoms with Crippen molar-refractivity contribution in [2.24, 2.45) is 0 Å². The van der Waals surface area contributed by atoms with E-state index >= 15 is 0 Å². The number of phosphoric acid groups is 2. The van der Waals surface area contributed by atoms with Crippen molar-refractivity contribution in [3.05, 3.63) is 53.6 Å². The molecular weight excluding hydrogens is 614 g/mol. The van der Waals surface area contributed by atoms with Crippen LogP contribution in [-0.4, -0.2) is 41.3 Å². The normalized spacial score (nSPS) is 11.7. The molecule has 15 nitrogen and oxygen atoms in total. The van der Waals surface area contributed by atoms with Crippen molar-refractivity contribution in [1.82, 2.24) is 0 Å². The summed E-state index contributed by atoms with van der Waals surface area (Å²) in [4.78, 5) is 60.2. The van der Waals surface area contributed by atoms with Crippen LogP contribution in [0.1, 0.15) is 15.9 Å². The van der Waals surface area contributed by atoms with Crippen molar-refractivity contribution >= 4 is 32.4 Å². The van der Waals surface area contributed by atoms with Crippen molar-refractivity contribution in [2.75, 3.05) is 35.5 Å². The number of furan rings is 1. The lowest BCUT2D eigenvalue weighted by Gasteiger charge is -2.29. The maximum absolute atomic E-state index is 14.2. The molecule has 0 spiro atoms. The third kappa shape index (κ3) is 6.57. The van der Waals surface area contributed by atoms with Gasteiger partial charge in [0.1, 0.15) is 21.4 Å². The van der Waals surface area contributed by atoms with Gasteiger partial charge in [-0.2, -0.15) is 0 Å². The summed E-state index contributed by atoms with van der Waals surface area (Å²) in [5.74, 6) is -2.08. The number of ketones is 1. The molecule has 1 aromatic heterocycles. The van der Waals surface area contributed by atoms with E-state index in [1.54, 1.807) is 0 Å². The van der Waals surface area contributed by atoms with Crippen LogP contribution in [0.5, 0.6) is 40.2 Å². The van der Waals surface area contributed by atoms with Gasteiger partial charge in [-0.3, -0.25) is 4.79 Å². The molecule has 230 valence electrons. The highest BCUT2D eigenvalue weighted by molar-refractivity contribution is 7.43. The maximum Gasteiger partial charge on any atom is 0.209 e. The number of benzene rings is 3. The van der Waals surface area contributed by atoms with E-state index in [0.29, 0.717) is 0 Å². The summed E-state index contributed by atoms with van der Waals surface area (Å²) in [6.07, 6.45) is 0. The van der Waals surface area contributed by atoms with Crippen molar-refractivity contribution in [2.45, 2.75) is 0 Å². The van der Waals surface area contributed by atoms with Crippen LogP contribution in [0.4, 0.5) is 0 Å². The number of phosphoric ester groups is 2. The van der Waals surface area contributed by atoms with Gasteiger partial charge >= 0.3 is 0 Å². The molecule has 0 unspecified atom stereocenters. The summed E-state index contributed by atoms with van der Waals surface area (Å²) in [6.45, 7) is 0. The Hall–Kier alpha value is -4.23. The maximum atomic E-state index is 14.2. The fraction of sp³-hybridized carbons (Fsp3) is 0.192. The Kier molecular flexibility index (Phi) is 8.97. The zero-order valence-electron chi connectivity index (χ0n) is 23.1. The summed E-state index contributed by atoms with van der Waals surface area (Å²) < 4.78 is 64.3. The van der Waals surface area contributed by atoms with Crippen LogP contribution in [0.3, 0.4) is 0 Å². The Morgan fingerprint density at radius 2 is 1.21 bits per heavy atom. The molecule has 0 radical (unpaired) electrons. The van der Waals surface area contributed by atoms with E-state index in [1.165, 1.54) is 71.9 Å².